The molecule has 0 saturated carbocycles. The van der Waals surface area contributed by atoms with Crippen LogP contribution in [0.25, 0.3) is 0 Å². The lowest BCUT2D eigenvalue weighted by atomic mass is 10.00. The van der Waals surface area contributed by atoms with Crippen LogP contribution in [-0.4, -0.2) is 38.2 Å². The summed E-state index contributed by atoms with van der Waals surface area (Å²) in [6, 6.07) is 9.51. The zero-order chi connectivity index (χ0) is 13.7. The highest BCUT2D eigenvalue weighted by Crippen LogP contribution is 2.22. The van der Waals surface area contributed by atoms with Crippen LogP contribution in [0.1, 0.15) is 37.8 Å². The zero-order valence-corrected chi connectivity index (χ0v) is 12.4. The van der Waals surface area contributed by atoms with Gasteiger partial charge in [0.1, 0.15) is 5.75 Å². The molecule has 3 heteroatoms. The molecule has 2 rings (SSSR count). The van der Waals surface area contributed by atoms with Crippen molar-refractivity contribution in [2.75, 3.05) is 27.2 Å². The quantitative estimate of drug-likeness (QED) is 0.883. The van der Waals surface area contributed by atoms with E-state index >= 15 is 0 Å². The van der Waals surface area contributed by atoms with Crippen molar-refractivity contribution in [3.05, 3.63) is 29.8 Å². The van der Waals surface area contributed by atoms with E-state index in [4.69, 9.17) is 4.74 Å². The summed E-state index contributed by atoms with van der Waals surface area (Å²) in [5.74, 6) is 0.927. The Labute approximate surface area is 116 Å². The fraction of sp³-hybridized carbons (Fsp3) is 0.625. The number of hydrogen-bond donors (Lipinski definition) is 1. The molecule has 0 aromatic heterocycles. The zero-order valence-electron chi connectivity index (χ0n) is 12.4. The molecule has 1 N–H and O–H groups in total. The number of piperidine rings is 1. The van der Waals surface area contributed by atoms with Gasteiger partial charge in [0.25, 0.3) is 0 Å². The molecule has 3 nitrogen and oxygen atoms in total. The van der Waals surface area contributed by atoms with E-state index in [9.17, 15) is 0 Å². The second kappa shape index (κ2) is 6.92. The number of benzene rings is 1. The van der Waals surface area contributed by atoms with Crippen LogP contribution in [0.5, 0.6) is 5.75 Å². The third kappa shape index (κ3) is 3.95. The van der Waals surface area contributed by atoms with Gasteiger partial charge in [-0.25, -0.2) is 0 Å². The molecular weight excluding hydrogens is 236 g/mol. The van der Waals surface area contributed by atoms with E-state index in [1.165, 1.54) is 24.9 Å². The molecule has 2 atom stereocenters. The summed E-state index contributed by atoms with van der Waals surface area (Å²) in [7, 11) is 3.92. The fourth-order valence-corrected chi connectivity index (χ4v) is 2.87. The lowest BCUT2D eigenvalue weighted by molar-refractivity contribution is 0.215. The van der Waals surface area contributed by atoms with Crippen molar-refractivity contribution in [2.45, 2.75) is 38.3 Å². The molecule has 0 radical (unpaired) electrons. The monoisotopic (exact) mass is 262 g/mol. The average Bonchev–Trinajstić information content (AvgIpc) is 2.45. The van der Waals surface area contributed by atoms with Gasteiger partial charge in [-0.3, -0.25) is 0 Å². The minimum Gasteiger partial charge on any atom is -0.497 e. The van der Waals surface area contributed by atoms with Crippen LogP contribution in [0.4, 0.5) is 0 Å². The van der Waals surface area contributed by atoms with Gasteiger partial charge in [-0.2, -0.15) is 0 Å². The second-order valence-electron chi connectivity index (χ2n) is 5.50. The maximum absolute atomic E-state index is 5.22. The van der Waals surface area contributed by atoms with Crippen molar-refractivity contribution in [3.8, 4) is 5.75 Å². The number of nitrogens with zero attached hydrogens (tertiary/aromatic N) is 1. The summed E-state index contributed by atoms with van der Waals surface area (Å²) >= 11 is 0. The van der Waals surface area contributed by atoms with E-state index in [1.807, 2.05) is 12.1 Å². The van der Waals surface area contributed by atoms with Crippen molar-refractivity contribution < 1.29 is 4.74 Å². The first kappa shape index (κ1) is 14.4. The molecule has 2 unspecified atom stereocenters. The highest BCUT2D eigenvalue weighted by molar-refractivity contribution is 5.29. The van der Waals surface area contributed by atoms with E-state index in [1.54, 1.807) is 7.11 Å². The Morgan fingerprint density at radius 1 is 1.37 bits per heavy atom. The number of nitrogens with one attached hydrogen (secondary N) is 1. The second-order valence-corrected chi connectivity index (χ2v) is 5.50. The molecule has 1 saturated heterocycles. The summed E-state index contributed by atoms with van der Waals surface area (Å²) < 4.78 is 5.22. The summed E-state index contributed by atoms with van der Waals surface area (Å²) in [4.78, 5) is 2.42. The highest BCUT2D eigenvalue weighted by Gasteiger charge is 2.20. The van der Waals surface area contributed by atoms with Crippen LogP contribution < -0.4 is 10.1 Å². The topological polar surface area (TPSA) is 24.5 Å². The van der Waals surface area contributed by atoms with E-state index < -0.39 is 0 Å². The van der Waals surface area contributed by atoms with E-state index in [-0.39, 0.29) is 0 Å². The standard InChI is InChI=1S/C16H26N2O/c1-4-16(13-7-9-15(19-3)10-8-13)17-14-6-5-11-18(2)12-14/h7-10,14,16-17H,4-6,11-12H2,1-3H3. The Morgan fingerprint density at radius 3 is 2.68 bits per heavy atom. The van der Waals surface area contributed by atoms with E-state index in [2.05, 4.69) is 36.3 Å². The van der Waals surface area contributed by atoms with Crippen molar-refractivity contribution in [3.63, 3.8) is 0 Å². The molecule has 1 aliphatic rings. The highest BCUT2D eigenvalue weighted by atomic mass is 16.5. The smallest absolute Gasteiger partial charge is 0.118 e. The average molecular weight is 262 g/mol. The first-order valence-electron chi connectivity index (χ1n) is 7.31. The Kier molecular flexibility index (Phi) is 5.23. The summed E-state index contributed by atoms with van der Waals surface area (Å²) in [5.41, 5.74) is 1.36. The van der Waals surface area contributed by atoms with Crippen molar-refractivity contribution in [2.24, 2.45) is 0 Å². The molecule has 1 heterocycles. The molecule has 1 aliphatic heterocycles. The number of likely N-dealkylation sites (N-methyl/N-ethyl adjacent to an activating group) is 1. The molecule has 0 spiro atoms. The summed E-state index contributed by atoms with van der Waals surface area (Å²) in [6.45, 7) is 4.64. The van der Waals surface area contributed by atoms with E-state index in [0.717, 1.165) is 18.7 Å². The minimum atomic E-state index is 0.447. The Balaban J connectivity index is 1.98. The van der Waals surface area contributed by atoms with Crippen LogP contribution >= 0.6 is 0 Å². The van der Waals surface area contributed by atoms with E-state index in [0.29, 0.717) is 12.1 Å². The Bertz CT molecular complexity index is 377. The van der Waals surface area contributed by atoms with Gasteiger partial charge in [0.05, 0.1) is 7.11 Å². The molecule has 19 heavy (non-hydrogen) atoms. The van der Waals surface area contributed by atoms with Gasteiger partial charge >= 0.3 is 0 Å². The predicted molar refractivity (Wildman–Crippen MR) is 79.7 cm³/mol. The molecule has 1 aromatic rings. The first-order chi connectivity index (χ1) is 9.22. The number of hydrogen-bond acceptors (Lipinski definition) is 3. The van der Waals surface area contributed by atoms with Gasteiger partial charge in [-0.1, -0.05) is 19.1 Å². The largest absolute Gasteiger partial charge is 0.497 e. The third-order valence-electron chi connectivity index (χ3n) is 3.99. The molecule has 106 valence electrons. The normalized spacial score (nSPS) is 22.2. The Hall–Kier alpha value is -1.06. The van der Waals surface area contributed by atoms with Gasteiger partial charge in [0, 0.05) is 18.6 Å². The van der Waals surface area contributed by atoms with Crippen molar-refractivity contribution >= 4 is 0 Å². The maximum atomic E-state index is 5.22. The molecule has 0 aliphatic carbocycles. The van der Waals surface area contributed by atoms with Gasteiger partial charge in [-0.05, 0) is 50.6 Å². The van der Waals surface area contributed by atoms with Crippen LogP contribution in [0.15, 0.2) is 24.3 Å². The van der Waals surface area contributed by atoms with Gasteiger partial charge in [-0.15, -0.1) is 0 Å². The minimum absolute atomic E-state index is 0.447. The summed E-state index contributed by atoms with van der Waals surface area (Å²) in [5, 5.41) is 3.81. The number of rotatable bonds is 5. The number of ether oxygens (including phenoxy) is 1. The number of likely N-dealkylation sites (tertiary alicyclic amines) is 1. The van der Waals surface area contributed by atoms with Crippen LogP contribution in [-0.2, 0) is 0 Å². The Morgan fingerprint density at radius 2 is 2.11 bits per heavy atom. The van der Waals surface area contributed by atoms with Crippen LogP contribution in [0.3, 0.4) is 0 Å². The SMILES string of the molecule is CCC(NC1CCCN(C)C1)c1ccc(OC)cc1. The van der Waals surface area contributed by atoms with Gasteiger partial charge in [0.15, 0.2) is 0 Å². The fourth-order valence-electron chi connectivity index (χ4n) is 2.87. The van der Waals surface area contributed by atoms with Crippen molar-refractivity contribution in [1.29, 1.82) is 0 Å². The lowest BCUT2D eigenvalue weighted by Gasteiger charge is -2.33. The summed E-state index contributed by atoms with van der Waals surface area (Å²) in [6.07, 6.45) is 3.71. The van der Waals surface area contributed by atoms with Gasteiger partial charge in [0.2, 0.25) is 0 Å². The first-order valence-corrected chi connectivity index (χ1v) is 7.31. The molecule has 0 amide bonds. The maximum Gasteiger partial charge on any atom is 0.118 e. The molecule has 1 fully saturated rings. The molecule has 0 bridgehead atoms. The van der Waals surface area contributed by atoms with Crippen LogP contribution in [0, 0.1) is 0 Å². The number of methoxy groups -OCH3 is 1. The van der Waals surface area contributed by atoms with Crippen LogP contribution in [0.2, 0.25) is 0 Å². The third-order valence-corrected chi connectivity index (χ3v) is 3.99. The molecule has 1 aromatic carbocycles. The molecular formula is C16H26N2O. The van der Waals surface area contributed by atoms with Crippen molar-refractivity contribution in [1.82, 2.24) is 10.2 Å². The van der Waals surface area contributed by atoms with Gasteiger partial charge < -0.3 is 15.0 Å². The predicted octanol–water partition coefficient (Wildman–Crippen LogP) is 2.83. The lowest BCUT2D eigenvalue weighted by Crippen LogP contribution is -2.45.